The van der Waals surface area contributed by atoms with Gasteiger partial charge >= 0.3 is 5.69 Å². The van der Waals surface area contributed by atoms with Crippen molar-refractivity contribution in [2.75, 3.05) is 30.4 Å². The molecule has 2 rings (SSSR count). The van der Waals surface area contributed by atoms with Gasteiger partial charge in [0.1, 0.15) is 11.4 Å². The van der Waals surface area contributed by atoms with Crippen LogP contribution in [0, 0.1) is 31.6 Å². The van der Waals surface area contributed by atoms with Crippen LogP contribution in [0.1, 0.15) is 20.3 Å². The van der Waals surface area contributed by atoms with E-state index < -0.39 is 27.1 Å². The number of nitro groups is 2. The third-order valence-electron chi connectivity index (χ3n) is 4.52. The quantitative estimate of drug-likeness (QED) is 0.240. The zero-order valence-electron chi connectivity index (χ0n) is 18.4. The number of benzene rings is 2. The van der Waals surface area contributed by atoms with E-state index in [1.165, 1.54) is 20.1 Å². The number of nitrogens with one attached hydrogen (secondary N) is 1. The maximum absolute atomic E-state index is 11.8. The molecule has 0 saturated heterocycles. The maximum atomic E-state index is 11.8. The highest BCUT2D eigenvalue weighted by atomic mass is 79.9. The van der Waals surface area contributed by atoms with E-state index in [9.17, 15) is 25.0 Å². The van der Waals surface area contributed by atoms with Crippen molar-refractivity contribution in [1.82, 2.24) is 0 Å². The fourth-order valence-corrected chi connectivity index (χ4v) is 3.51. The molecule has 14 heteroatoms. The normalized spacial score (nSPS) is 10.6. The molecule has 0 aromatic heterocycles. The number of halogens is 1. The molecule has 34 heavy (non-hydrogen) atoms. The van der Waals surface area contributed by atoms with E-state index >= 15 is 0 Å². The number of anilines is 2. The van der Waals surface area contributed by atoms with Crippen LogP contribution >= 0.6 is 15.9 Å². The summed E-state index contributed by atoms with van der Waals surface area (Å²) in [6, 6.07) is 7.04. The van der Waals surface area contributed by atoms with Crippen LogP contribution in [0.15, 0.2) is 39.0 Å². The fourth-order valence-electron chi connectivity index (χ4n) is 2.99. The van der Waals surface area contributed by atoms with Crippen LogP contribution < -0.4 is 15.0 Å². The number of azo groups is 1. The lowest BCUT2D eigenvalue weighted by Crippen LogP contribution is -2.24. The number of nitrogens with zero attached hydrogens (tertiary/aromatic N) is 6. The lowest BCUT2D eigenvalue weighted by atomic mass is 10.2. The first kappa shape index (κ1) is 26.1. The molecule has 0 aliphatic carbocycles. The van der Waals surface area contributed by atoms with E-state index in [1.54, 1.807) is 6.07 Å². The molecule has 0 saturated carbocycles. The maximum Gasteiger partial charge on any atom is 0.304 e. The van der Waals surface area contributed by atoms with Crippen molar-refractivity contribution in [3.8, 4) is 11.8 Å². The average Bonchev–Trinajstić information content (AvgIpc) is 2.78. The van der Waals surface area contributed by atoms with Gasteiger partial charge in [0.2, 0.25) is 5.91 Å². The first-order valence-electron chi connectivity index (χ1n) is 9.78. The van der Waals surface area contributed by atoms with Crippen LogP contribution in [0.25, 0.3) is 0 Å². The number of rotatable bonds is 10. The van der Waals surface area contributed by atoms with Crippen LogP contribution in [-0.4, -0.2) is 36.0 Å². The van der Waals surface area contributed by atoms with E-state index in [2.05, 4.69) is 37.5 Å². The van der Waals surface area contributed by atoms with Gasteiger partial charge in [0.15, 0.2) is 5.69 Å². The minimum absolute atomic E-state index is 0.00419. The number of ether oxygens (including phenoxy) is 1. The molecule has 0 heterocycles. The number of nitro benzene ring substituents is 2. The Kier molecular flexibility index (Phi) is 8.96. The Hall–Kier alpha value is -4.12. The number of nitriles is 1. The van der Waals surface area contributed by atoms with Crippen LogP contribution in [0.4, 0.5) is 34.1 Å². The van der Waals surface area contributed by atoms with Crippen molar-refractivity contribution in [2.45, 2.75) is 20.3 Å². The lowest BCUT2D eigenvalue weighted by Gasteiger charge is -2.25. The first-order valence-corrected chi connectivity index (χ1v) is 10.6. The molecule has 0 aliphatic heterocycles. The topological polar surface area (TPSA) is 176 Å². The lowest BCUT2D eigenvalue weighted by molar-refractivity contribution is -0.393. The molecular formula is C20H20BrN7O6. The Balaban J connectivity index is 2.65. The Morgan fingerprint density at radius 2 is 1.94 bits per heavy atom. The van der Waals surface area contributed by atoms with Gasteiger partial charge in [-0.3, -0.25) is 25.0 Å². The van der Waals surface area contributed by atoms with Gasteiger partial charge in [-0.15, -0.1) is 10.2 Å². The highest BCUT2D eigenvalue weighted by Crippen LogP contribution is 2.42. The molecule has 1 amide bonds. The van der Waals surface area contributed by atoms with Gasteiger partial charge in [-0.2, -0.15) is 5.26 Å². The molecule has 13 nitrogen and oxygen atoms in total. The second-order valence-electron chi connectivity index (χ2n) is 6.72. The molecule has 0 atom stereocenters. The average molecular weight is 534 g/mol. The Morgan fingerprint density at radius 1 is 1.24 bits per heavy atom. The standard InChI is InChI=1S/C20H20BrN7O6/c1-4-26(7-5-6-22)17-10-15(23-12(2)29)16(11-19(17)34-3)24-25-20-14(21)8-13(27(30)31)9-18(20)28(32)33/h8-11H,4-5,7H2,1-3H3,(H,23,29)/b25-24+. The van der Waals surface area contributed by atoms with Crippen LogP contribution in [0.2, 0.25) is 0 Å². The summed E-state index contributed by atoms with van der Waals surface area (Å²) in [6.07, 6.45) is 0.270. The van der Waals surface area contributed by atoms with E-state index in [0.29, 0.717) is 24.5 Å². The van der Waals surface area contributed by atoms with Gasteiger partial charge < -0.3 is 15.0 Å². The third kappa shape index (κ3) is 6.23. The summed E-state index contributed by atoms with van der Waals surface area (Å²) in [7, 11) is 1.44. The predicted molar refractivity (Wildman–Crippen MR) is 127 cm³/mol. The second kappa shape index (κ2) is 11.7. The Labute approximate surface area is 202 Å². The molecule has 0 radical (unpaired) electrons. The SMILES string of the molecule is CCN(CCC#N)c1cc(NC(C)=O)c(/N=N/c2c(Br)cc([N+](=O)[O-])cc2[N+](=O)[O-])cc1OC. The summed E-state index contributed by atoms with van der Waals surface area (Å²) < 4.78 is 5.45. The predicted octanol–water partition coefficient (Wildman–Crippen LogP) is 5.39. The van der Waals surface area contributed by atoms with Crippen molar-refractivity contribution in [2.24, 2.45) is 10.2 Å². The molecule has 1 N–H and O–H groups in total. The summed E-state index contributed by atoms with van der Waals surface area (Å²) in [4.78, 5) is 34.6. The highest BCUT2D eigenvalue weighted by Gasteiger charge is 2.24. The van der Waals surface area contributed by atoms with E-state index in [4.69, 9.17) is 10.00 Å². The summed E-state index contributed by atoms with van der Waals surface area (Å²) in [6.45, 7) is 4.18. The molecular weight excluding hydrogens is 514 g/mol. The molecule has 0 fully saturated rings. The summed E-state index contributed by atoms with van der Waals surface area (Å²) in [5.74, 6) is -0.0183. The van der Waals surface area contributed by atoms with Crippen LogP contribution in [0.5, 0.6) is 5.75 Å². The number of carbonyl (C=O) groups is 1. The van der Waals surface area contributed by atoms with Gasteiger partial charge in [-0.05, 0) is 28.9 Å². The molecule has 0 unspecified atom stereocenters. The summed E-state index contributed by atoms with van der Waals surface area (Å²) in [5.41, 5.74) is -0.362. The number of non-ortho nitro benzene ring substituents is 1. The number of hydrogen-bond acceptors (Lipinski definition) is 10. The number of carbonyl (C=O) groups excluding carboxylic acids is 1. The molecule has 0 bridgehead atoms. The zero-order chi connectivity index (χ0) is 25.4. The second-order valence-corrected chi connectivity index (χ2v) is 7.57. The first-order chi connectivity index (χ1) is 16.1. The smallest absolute Gasteiger partial charge is 0.304 e. The van der Waals surface area contributed by atoms with Crippen LogP contribution in [-0.2, 0) is 4.79 Å². The van der Waals surface area contributed by atoms with E-state index in [0.717, 1.165) is 12.1 Å². The summed E-state index contributed by atoms with van der Waals surface area (Å²) in [5, 5.41) is 42.1. The van der Waals surface area contributed by atoms with Crippen LogP contribution in [0.3, 0.4) is 0 Å². The molecule has 0 aliphatic rings. The van der Waals surface area contributed by atoms with Crippen molar-refractivity contribution < 1.29 is 19.4 Å². The minimum atomic E-state index is -0.807. The van der Waals surface area contributed by atoms with E-state index in [1.807, 2.05) is 11.8 Å². The number of amides is 1. The van der Waals surface area contributed by atoms with E-state index in [-0.39, 0.29) is 28.0 Å². The minimum Gasteiger partial charge on any atom is -0.494 e. The Bertz CT molecular complexity index is 1190. The zero-order valence-corrected chi connectivity index (χ0v) is 20.0. The van der Waals surface area contributed by atoms with Crippen molar-refractivity contribution in [1.29, 1.82) is 5.26 Å². The van der Waals surface area contributed by atoms with Gasteiger partial charge in [0.25, 0.3) is 5.69 Å². The van der Waals surface area contributed by atoms with Gasteiger partial charge in [0.05, 0.1) is 51.4 Å². The van der Waals surface area contributed by atoms with Gasteiger partial charge in [-0.1, -0.05) is 0 Å². The molecule has 178 valence electrons. The molecule has 2 aromatic carbocycles. The third-order valence-corrected chi connectivity index (χ3v) is 5.12. The van der Waals surface area contributed by atoms with Gasteiger partial charge in [0, 0.05) is 32.1 Å². The van der Waals surface area contributed by atoms with Crippen molar-refractivity contribution in [3.63, 3.8) is 0 Å². The highest BCUT2D eigenvalue weighted by molar-refractivity contribution is 9.10. The number of methoxy groups -OCH3 is 1. The fraction of sp³-hybridized carbons (Fsp3) is 0.300. The monoisotopic (exact) mass is 533 g/mol. The van der Waals surface area contributed by atoms with Gasteiger partial charge in [-0.25, -0.2) is 0 Å². The Morgan fingerprint density at radius 3 is 2.47 bits per heavy atom. The van der Waals surface area contributed by atoms with Crippen molar-refractivity contribution >= 4 is 56.0 Å². The molecule has 2 aromatic rings. The van der Waals surface area contributed by atoms with Crippen molar-refractivity contribution in [3.05, 3.63) is 49.0 Å². The summed E-state index contributed by atoms with van der Waals surface area (Å²) >= 11 is 3.07. The molecule has 0 spiro atoms. The largest absolute Gasteiger partial charge is 0.494 e. The number of hydrogen-bond donors (Lipinski definition) is 1.